The summed E-state index contributed by atoms with van der Waals surface area (Å²) < 4.78 is 0. The predicted molar refractivity (Wildman–Crippen MR) is 118 cm³/mol. The predicted octanol–water partition coefficient (Wildman–Crippen LogP) is 3.91. The standard InChI is InChI=1S/C24H36N4O/c1-19(2)21-4-3-5-23(18-21)28-16-14-27(15-17-28)13-11-20-6-8-22(9-7-20)26-24(29)10-12-25/h3-5,18-20,22H,6-11,13-17H2,1-2H3,(H,26,29). The van der Waals surface area contributed by atoms with E-state index in [-0.39, 0.29) is 18.4 Å². The Labute approximate surface area is 176 Å². The van der Waals surface area contributed by atoms with E-state index >= 15 is 0 Å². The quantitative estimate of drug-likeness (QED) is 0.759. The Morgan fingerprint density at radius 2 is 1.90 bits per heavy atom. The van der Waals surface area contributed by atoms with E-state index in [2.05, 4.69) is 53.2 Å². The number of nitrogens with zero attached hydrogens (tertiary/aromatic N) is 3. The Kier molecular flexibility index (Phi) is 7.94. The highest BCUT2D eigenvalue weighted by atomic mass is 16.1. The van der Waals surface area contributed by atoms with Gasteiger partial charge in [0.1, 0.15) is 6.42 Å². The molecule has 2 aliphatic rings. The van der Waals surface area contributed by atoms with Crippen LogP contribution in [0.1, 0.15) is 63.9 Å². The SMILES string of the molecule is CC(C)c1cccc(N2CCN(CCC3CCC(NC(=O)CC#N)CC3)CC2)c1. The zero-order valence-corrected chi connectivity index (χ0v) is 18.1. The number of benzene rings is 1. The number of amides is 1. The van der Waals surface area contributed by atoms with Crippen LogP contribution in [0.2, 0.25) is 0 Å². The molecule has 1 saturated heterocycles. The van der Waals surface area contributed by atoms with Crippen molar-refractivity contribution in [3.63, 3.8) is 0 Å². The van der Waals surface area contributed by atoms with Gasteiger partial charge in [-0.1, -0.05) is 26.0 Å². The van der Waals surface area contributed by atoms with Crippen molar-refractivity contribution in [3.8, 4) is 6.07 Å². The van der Waals surface area contributed by atoms with Crippen LogP contribution in [0.25, 0.3) is 0 Å². The molecule has 3 rings (SSSR count). The minimum Gasteiger partial charge on any atom is -0.369 e. The highest BCUT2D eigenvalue weighted by Crippen LogP contribution is 2.28. The fraction of sp³-hybridized carbons (Fsp3) is 0.667. The van der Waals surface area contributed by atoms with E-state index in [1.165, 1.54) is 37.1 Å². The van der Waals surface area contributed by atoms with E-state index in [9.17, 15) is 4.79 Å². The molecule has 1 aromatic carbocycles. The zero-order valence-electron chi connectivity index (χ0n) is 18.1. The highest BCUT2D eigenvalue weighted by Gasteiger charge is 2.24. The lowest BCUT2D eigenvalue weighted by Crippen LogP contribution is -2.47. The third-order valence-electron chi connectivity index (χ3n) is 6.58. The molecule has 0 spiro atoms. The molecule has 29 heavy (non-hydrogen) atoms. The van der Waals surface area contributed by atoms with E-state index < -0.39 is 0 Å². The van der Waals surface area contributed by atoms with Crippen LogP contribution in [-0.2, 0) is 4.79 Å². The summed E-state index contributed by atoms with van der Waals surface area (Å²) >= 11 is 0. The minimum atomic E-state index is -0.118. The maximum absolute atomic E-state index is 11.6. The van der Waals surface area contributed by atoms with Crippen LogP contribution in [0, 0.1) is 17.2 Å². The van der Waals surface area contributed by atoms with Gasteiger partial charge in [-0.25, -0.2) is 0 Å². The zero-order chi connectivity index (χ0) is 20.6. The Balaban J connectivity index is 1.35. The van der Waals surface area contributed by atoms with E-state index in [1.54, 1.807) is 0 Å². The van der Waals surface area contributed by atoms with Gasteiger partial charge in [-0.15, -0.1) is 0 Å². The van der Waals surface area contributed by atoms with Gasteiger partial charge >= 0.3 is 0 Å². The van der Waals surface area contributed by atoms with E-state index in [1.807, 2.05) is 6.07 Å². The van der Waals surface area contributed by atoms with Crippen molar-refractivity contribution < 1.29 is 4.79 Å². The number of carbonyl (C=O) groups excluding carboxylic acids is 1. The van der Waals surface area contributed by atoms with Crippen LogP contribution >= 0.6 is 0 Å². The summed E-state index contributed by atoms with van der Waals surface area (Å²) in [6.07, 6.45) is 5.75. The maximum Gasteiger partial charge on any atom is 0.234 e. The third kappa shape index (κ3) is 6.47. The molecule has 1 amide bonds. The summed E-state index contributed by atoms with van der Waals surface area (Å²) in [4.78, 5) is 16.7. The Morgan fingerprint density at radius 1 is 1.17 bits per heavy atom. The van der Waals surface area contributed by atoms with Gasteiger partial charge in [-0.3, -0.25) is 9.69 Å². The van der Waals surface area contributed by atoms with Gasteiger partial charge < -0.3 is 10.2 Å². The molecule has 1 aromatic rings. The van der Waals surface area contributed by atoms with Crippen molar-refractivity contribution >= 4 is 11.6 Å². The number of hydrogen-bond acceptors (Lipinski definition) is 4. The number of rotatable bonds is 7. The lowest BCUT2D eigenvalue weighted by molar-refractivity contribution is -0.121. The Bertz CT molecular complexity index is 695. The second-order valence-corrected chi connectivity index (χ2v) is 8.99. The summed E-state index contributed by atoms with van der Waals surface area (Å²) in [5.41, 5.74) is 2.79. The Morgan fingerprint density at radius 3 is 2.55 bits per heavy atom. The maximum atomic E-state index is 11.6. The summed E-state index contributed by atoms with van der Waals surface area (Å²) in [7, 11) is 0. The normalized spacial score (nSPS) is 23.0. The average Bonchev–Trinajstić information content (AvgIpc) is 2.74. The molecule has 1 aliphatic heterocycles. The molecular weight excluding hydrogens is 360 g/mol. The first-order valence-electron chi connectivity index (χ1n) is 11.3. The van der Waals surface area contributed by atoms with Crippen molar-refractivity contribution in [2.75, 3.05) is 37.6 Å². The monoisotopic (exact) mass is 396 g/mol. The minimum absolute atomic E-state index is 0.0202. The van der Waals surface area contributed by atoms with Gasteiger partial charge in [0.15, 0.2) is 0 Å². The molecule has 0 aromatic heterocycles. The molecule has 1 aliphatic carbocycles. The van der Waals surface area contributed by atoms with Crippen molar-refractivity contribution in [1.82, 2.24) is 10.2 Å². The van der Waals surface area contributed by atoms with Crippen LogP contribution in [0.5, 0.6) is 0 Å². The molecule has 0 unspecified atom stereocenters. The first-order chi connectivity index (χ1) is 14.0. The number of hydrogen-bond donors (Lipinski definition) is 1. The van der Waals surface area contributed by atoms with Crippen LogP contribution in [0.4, 0.5) is 5.69 Å². The second kappa shape index (κ2) is 10.6. The molecule has 1 heterocycles. The van der Waals surface area contributed by atoms with Crippen molar-refractivity contribution in [1.29, 1.82) is 5.26 Å². The van der Waals surface area contributed by atoms with E-state index in [4.69, 9.17) is 5.26 Å². The molecule has 2 fully saturated rings. The summed E-state index contributed by atoms with van der Waals surface area (Å²) in [6.45, 7) is 10.2. The van der Waals surface area contributed by atoms with Gasteiger partial charge in [0.25, 0.3) is 0 Å². The molecule has 1 N–H and O–H groups in total. The fourth-order valence-electron chi connectivity index (χ4n) is 4.62. The third-order valence-corrected chi connectivity index (χ3v) is 6.58. The lowest BCUT2D eigenvalue weighted by Gasteiger charge is -2.37. The highest BCUT2D eigenvalue weighted by molar-refractivity contribution is 5.78. The number of nitriles is 1. The van der Waals surface area contributed by atoms with Crippen molar-refractivity contribution in [2.24, 2.45) is 5.92 Å². The molecule has 1 saturated carbocycles. The summed E-state index contributed by atoms with van der Waals surface area (Å²) in [6, 6.07) is 11.2. The van der Waals surface area contributed by atoms with Gasteiger partial charge in [0.05, 0.1) is 6.07 Å². The fourth-order valence-corrected chi connectivity index (χ4v) is 4.62. The molecule has 0 radical (unpaired) electrons. The molecule has 5 nitrogen and oxygen atoms in total. The van der Waals surface area contributed by atoms with Crippen LogP contribution in [-0.4, -0.2) is 49.6 Å². The molecule has 0 bridgehead atoms. The van der Waals surface area contributed by atoms with Gasteiger partial charge in [0, 0.05) is 37.9 Å². The Hall–Kier alpha value is -2.06. The van der Waals surface area contributed by atoms with E-state index in [0.29, 0.717) is 5.92 Å². The lowest BCUT2D eigenvalue weighted by atomic mass is 9.84. The van der Waals surface area contributed by atoms with Crippen molar-refractivity contribution in [2.45, 2.75) is 64.3 Å². The van der Waals surface area contributed by atoms with E-state index in [0.717, 1.165) is 44.9 Å². The summed E-state index contributed by atoms with van der Waals surface area (Å²) in [5, 5.41) is 11.6. The molecule has 158 valence electrons. The number of nitrogens with one attached hydrogen (secondary N) is 1. The van der Waals surface area contributed by atoms with Gasteiger partial charge in [-0.2, -0.15) is 5.26 Å². The summed E-state index contributed by atoms with van der Waals surface area (Å²) in [5.74, 6) is 1.23. The van der Waals surface area contributed by atoms with Crippen molar-refractivity contribution in [3.05, 3.63) is 29.8 Å². The first-order valence-corrected chi connectivity index (χ1v) is 11.3. The number of piperazine rings is 1. The van der Waals surface area contributed by atoms with Crippen LogP contribution in [0.15, 0.2) is 24.3 Å². The molecular formula is C24H36N4O. The second-order valence-electron chi connectivity index (χ2n) is 8.99. The van der Waals surface area contributed by atoms with Gasteiger partial charge in [-0.05, 0) is 68.2 Å². The van der Waals surface area contributed by atoms with Gasteiger partial charge in [0.2, 0.25) is 5.91 Å². The smallest absolute Gasteiger partial charge is 0.234 e. The largest absolute Gasteiger partial charge is 0.369 e. The average molecular weight is 397 g/mol. The number of anilines is 1. The molecule has 0 atom stereocenters. The van der Waals surface area contributed by atoms with Crippen LogP contribution in [0.3, 0.4) is 0 Å². The topological polar surface area (TPSA) is 59.4 Å². The van der Waals surface area contributed by atoms with Crippen LogP contribution < -0.4 is 10.2 Å². The number of carbonyl (C=O) groups is 1. The first kappa shape index (κ1) is 21.6. The molecule has 5 heteroatoms.